The zero-order chi connectivity index (χ0) is 10.8. The van der Waals surface area contributed by atoms with E-state index >= 15 is 0 Å². The minimum atomic E-state index is 0.746. The first-order valence-electron chi connectivity index (χ1n) is 6.25. The van der Waals surface area contributed by atoms with Gasteiger partial charge in [-0.1, -0.05) is 0 Å². The van der Waals surface area contributed by atoms with Gasteiger partial charge in [-0.3, -0.25) is 9.88 Å². The number of rotatable bonds is 3. The van der Waals surface area contributed by atoms with Crippen LogP contribution in [0.2, 0.25) is 0 Å². The Hall–Kier alpha value is -0.450. The third kappa shape index (κ3) is 2.62. The van der Waals surface area contributed by atoms with E-state index in [9.17, 15) is 0 Å². The average molecular weight is 237 g/mol. The lowest BCUT2D eigenvalue weighted by atomic mass is 10.2. The van der Waals surface area contributed by atoms with Crippen molar-refractivity contribution in [3.63, 3.8) is 0 Å². The topological polar surface area (TPSA) is 28.2 Å². The summed E-state index contributed by atoms with van der Waals surface area (Å²) in [7, 11) is 0. The molecule has 0 bridgehead atoms. The Kier molecular flexibility index (Phi) is 3.22. The summed E-state index contributed by atoms with van der Waals surface area (Å²) >= 11 is 1.78. The first kappa shape index (κ1) is 10.7. The third-order valence-corrected chi connectivity index (χ3v) is 4.33. The molecule has 1 saturated carbocycles. The van der Waals surface area contributed by atoms with Crippen molar-refractivity contribution < 1.29 is 0 Å². The van der Waals surface area contributed by atoms with Crippen molar-refractivity contribution in [3.8, 4) is 0 Å². The number of aromatic nitrogens is 1. The number of nitrogens with one attached hydrogen (secondary N) is 1. The van der Waals surface area contributed by atoms with Crippen molar-refractivity contribution in [2.75, 3.05) is 19.6 Å². The van der Waals surface area contributed by atoms with E-state index in [0.29, 0.717) is 0 Å². The van der Waals surface area contributed by atoms with E-state index in [-0.39, 0.29) is 0 Å². The minimum Gasteiger partial charge on any atom is -0.312 e. The molecule has 2 fully saturated rings. The van der Waals surface area contributed by atoms with Crippen molar-refractivity contribution in [2.24, 2.45) is 5.92 Å². The van der Waals surface area contributed by atoms with E-state index in [4.69, 9.17) is 0 Å². The van der Waals surface area contributed by atoms with Gasteiger partial charge >= 0.3 is 0 Å². The van der Waals surface area contributed by atoms with Crippen molar-refractivity contribution in [2.45, 2.75) is 31.8 Å². The maximum absolute atomic E-state index is 4.15. The molecular weight excluding hydrogens is 218 g/mol. The van der Waals surface area contributed by atoms with Crippen LogP contribution in [0.4, 0.5) is 0 Å². The molecule has 2 heterocycles. The van der Waals surface area contributed by atoms with Gasteiger partial charge in [-0.15, -0.1) is 11.3 Å². The maximum Gasteiger partial charge on any atom is 0.0794 e. The zero-order valence-electron chi connectivity index (χ0n) is 9.56. The van der Waals surface area contributed by atoms with Gasteiger partial charge in [0.2, 0.25) is 0 Å². The number of nitrogens with zero attached hydrogens (tertiary/aromatic N) is 2. The molecule has 1 unspecified atom stereocenters. The zero-order valence-corrected chi connectivity index (χ0v) is 10.4. The van der Waals surface area contributed by atoms with Crippen LogP contribution in [-0.2, 0) is 6.54 Å². The van der Waals surface area contributed by atoms with Crippen LogP contribution in [0.15, 0.2) is 11.7 Å². The highest BCUT2D eigenvalue weighted by Gasteiger charge is 2.32. The lowest BCUT2D eigenvalue weighted by Crippen LogP contribution is -2.38. The quantitative estimate of drug-likeness (QED) is 0.867. The number of thiazole rings is 1. The summed E-state index contributed by atoms with van der Waals surface area (Å²) in [6.07, 6.45) is 6.16. The van der Waals surface area contributed by atoms with Gasteiger partial charge in [0.1, 0.15) is 0 Å². The van der Waals surface area contributed by atoms with E-state index < -0.39 is 0 Å². The second kappa shape index (κ2) is 4.82. The molecule has 0 aromatic carbocycles. The predicted octanol–water partition coefficient (Wildman–Crippen LogP) is 1.72. The monoisotopic (exact) mass is 237 g/mol. The van der Waals surface area contributed by atoms with Crippen LogP contribution in [0.25, 0.3) is 0 Å². The van der Waals surface area contributed by atoms with Crippen LogP contribution in [0.3, 0.4) is 0 Å². The van der Waals surface area contributed by atoms with Gasteiger partial charge in [-0.05, 0) is 38.3 Å². The van der Waals surface area contributed by atoms with Crippen LogP contribution in [0, 0.1) is 5.92 Å². The molecule has 3 rings (SSSR count). The van der Waals surface area contributed by atoms with E-state index in [2.05, 4.69) is 15.2 Å². The van der Waals surface area contributed by atoms with Crippen molar-refractivity contribution in [1.82, 2.24) is 15.2 Å². The Morgan fingerprint density at radius 2 is 2.44 bits per heavy atom. The lowest BCUT2D eigenvalue weighted by molar-refractivity contribution is 0.252. The fourth-order valence-corrected chi connectivity index (χ4v) is 3.16. The Bertz CT molecular complexity index is 321. The molecule has 1 atom stereocenters. The van der Waals surface area contributed by atoms with Gasteiger partial charge in [0, 0.05) is 30.2 Å². The highest BCUT2D eigenvalue weighted by Crippen LogP contribution is 2.33. The SMILES string of the molecule is c1ncc(CN2CCCNC(C3CC3)C2)s1. The normalized spacial score (nSPS) is 27.9. The molecule has 16 heavy (non-hydrogen) atoms. The molecular formula is C12H19N3S. The summed E-state index contributed by atoms with van der Waals surface area (Å²) in [4.78, 5) is 8.15. The van der Waals surface area contributed by atoms with Crippen molar-refractivity contribution in [1.29, 1.82) is 0 Å². The Labute approximate surface area is 101 Å². The van der Waals surface area contributed by atoms with Crippen molar-refractivity contribution >= 4 is 11.3 Å². The van der Waals surface area contributed by atoms with E-state index in [1.165, 1.54) is 43.8 Å². The average Bonchev–Trinajstić information content (AvgIpc) is 3.03. The summed E-state index contributed by atoms with van der Waals surface area (Å²) in [6, 6.07) is 0.746. The largest absolute Gasteiger partial charge is 0.312 e. The fourth-order valence-electron chi connectivity index (χ4n) is 2.52. The van der Waals surface area contributed by atoms with Gasteiger partial charge in [0.05, 0.1) is 5.51 Å². The summed E-state index contributed by atoms with van der Waals surface area (Å²) < 4.78 is 0. The van der Waals surface area contributed by atoms with Gasteiger partial charge in [-0.2, -0.15) is 0 Å². The van der Waals surface area contributed by atoms with E-state index in [1.807, 2.05) is 11.7 Å². The van der Waals surface area contributed by atoms with Gasteiger partial charge in [0.25, 0.3) is 0 Å². The molecule has 0 amide bonds. The highest BCUT2D eigenvalue weighted by atomic mass is 32.1. The molecule has 3 nitrogen and oxygen atoms in total. The van der Waals surface area contributed by atoms with Crippen LogP contribution in [-0.4, -0.2) is 35.6 Å². The van der Waals surface area contributed by atoms with Crippen molar-refractivity contribution in [3.05, 3.63) is 16.6 Å². The molecule has 1 aromatic heterocycles. The number of hydrogen-bond donors (Lipinski definition) is 1. The second-order valence-corrected chi connectivity index (χ2v) is 5.93. The molecule has 0 spiro atoms. The lowest BCUT2D eigenvalue weighted by Gasteiger charge is -2.23. The molecule has 88 valence electrons. The third-order valence-electron chi connectivity index (χ3n) is 3.57. The summed E-state index contributed by atoms with van der Waals surface area (Å²) in [5.41, 5.74) is 1.93. The molecule has 1 N–H and O–H groups in total. The molecule has 1 aromatic rings. The van der Waals surface area contributed by atoms with Gasteiger partial charge < -0.3 is 5.32 Å². The fraction of sp³-hybridized carbons (Fsp3) is 0.750. The first-order chi connectivity index (χ1) is 7.92. The molecule has 4 heteroatoms. The van der Waals surface area contributed by atoms with Crippen LogP contribution in [0.5, 0.6) is 0 Å². The van der Waals surface area contributed by atoms with Crippen LogP contribution >= 0.6 is 11.3 Å². The summed E-state index contributed by atoms with van der Waals surface area (Å²) in [5, 5.41) is 3.70. The predicted molar refractivity (Wildman–Crippen MR) is 66.5 cm³/mol. The Balaban J connectivity index is 1.60. The summed E-state index contributed by atoms with van der Waals surface area (Å²) in [5.74, 6) is 0.960. The molecule has 1 aliphatic heterocycles. The van der Waals surface area contributed by atoms with Crippen LogP contribution < -0.4 is 5.32 Å². The molecule has 1 saturated heterocycles. The maximum atomic E-state index is 4.15. The minimum absolute atomic E-state index is 0.746. The smallest absolute Gasteiger partial charge is 0.0794 e. The van der Waals surface area contributed by atoms with E-state index in [0.717, 1.165) is 18.5 Å². The second-order valence-electron chi connectivity index (χ2n) is 4.95. The number of hydrogen-bond acceptors (Lipinski definition) is 4. The molecule has 1 aliphatic carbocycles. The first-order valence-corrected chi connectivity index (χ1v) is 7.13. The van der Waals surface area contributed by atoms with Crippen LogP contribution in [0.1, 0.15) is 24.1 Å². The Morgan fingerprint density at radius 1 is 1.50 bits per heavy atom. The van der Waals surface area contributed by atoms with Gasteiger partial charge in [-0.25, -0.2) is 0 Å². The molecule has 0 radical (unpaired) electrons. The summed E-state index contributed by atoms with van der Waals surface area (Å²) in [6.45, 7) is 4.74. The standard InChI is InChI=1S/C12H19N3S/c1-4-14-12(10-2-3-10)8-15(5-1)7-11-6-13-9-16-11/h6,9-10,12,14H,1-5,7-8H2. The highest BCUT2D eigenvalue weighted by molar-refractivity contribution is 7.09. The van der Waals surface area contributed by atoms with Gasteiger partial charge in [0.15, 0.2) is 0 Å². The molecule has 2 aliphatic rings. The Morgan fingerprint density at radius 3 is 3.19 bits per heavy atom. The van der Waals surface area contributed by atoms with E-state index in [1.54, 1.807) is 11.3 Å².